The summed E-state index contributed by atoms with van der Waals surface area (Å²) in [5.41, 5.74) is 2.30. The third-order valence-corrected chi connectivity index (χ3v) is 7.65. The van der Waals surface area contributed by atoms with E-state index in [0.29, 0.717) is 0 Å². The van der Waals surface area contributed by atoms with E-state index in [2.05, 4.69) is 31.9 Å². The molecular weight excluding hydrogens is 448 g/mol. The summed E-state index contributed by atoms with van der Waals surface area (Å²) in [4.78, 5) is 17.0. The Labute approximate surface area is 190 Å². The van der Waals surface area contributed by atoms with Crippen LogP contribution < -0.4 is 0 Å². The van der Waals surface area contributed by atoms with E-state index in [1.165, 1.54) is 28.7 Å². The monoisotopic (exact) mass is 464 g/mol. The van der Waals surface area contributed by atoms with Crippen LogP contribution in [-0.2, 0) is 13.0 Å². The topological polar surface area (TPSA) is 80.9 Å². The Morgan fingerprint density at radius 1 is 1.06 bits per heavy atom. The average Bonchev–Trinajstić information content (AvgIpc) is 3.52. The van der Waals surface area contributed by atoms with Gasteiger partial charge in [0.05, 0.1) is 20.7 Å². The van der Waals surface area contributed by atoms with Crippen molar-refractivity contribution >= 4 is 50.6 Å². The van der Waals surface area contributed by atoms with Gasteiger partial charge in [0.15, 0.2) is 15.3 Å². The average molecular weight is 465 g/mol. The largest absolute Gasteiger partial charge is 0.478 e. The number of carbonyl (C=O) groups is 1. The van der Waals surface area contributed by atoms with E-state index in [-0.39, 0.29) is 5.56 Å². The Kier molecular flexibility index (Phi) is 5.54. The maximum absolute atomic E-state index is 11.2. The molecule has 6 nitrogen and oxygen atoms in total. The summed E-state index contributed by atoms with van der Waals surface area (Å²) in [5.74, 6) is -0.0894. The second-order valence-electron chi connectivity index (χ2n) is 6.74. The van der Waals surface area contributed by atoms with Gasteiger partial charge in [-0.1, -0.05) is 36.4 Å². The zero-order chi connectivity index (χ0) is 21.2. The molecule has 0 amide bonds. The van der Waals surface area contributed by atoms with E-state index in [9.17, 15) is 9.90 Å². The van der Waals surface area contributed by atoms with E-state index in [1.807, 2.05) is 35.7 Å². The van der Waals surface area contributed by atoms with Crippen LogP contribution in [0.2, 0.25) is 0 Å². The lowest BCUT2D eigenvalue weighted by Crippen LogP contribution is -2.04. The number of aromatic carboxylic acids is 1. The predicted molar refractivity (Wildman–Crippen MR) is 124 cm³/mol. The van der Waals surface area contributed by atoms with Crippen LogP contribution in [-0.4, -0.2) is 30.8 Å². The summed E-state index contributed by atoms with van der Waals surface area (Å²) in [5, 5.41) is 20.9. The Morgan fingerprint density at radius 2 is 1.94 bits per heavy atom. The Hall–Kier alpha value is -3.01. The molecule has 0 aliphatic heterocycles. The van der Waals surface area contributed by atoms with Gasteiger partial charge in [0.2, 0.25) is 0 Å². The summed E-state index contributed by atoms with van der Waals surface area (Å²) in [7, 11) is 0. The molecule has 31 heavy (non-hydrogen) atoms. The van der Waals surface area contributed by atoms with Crippen molar-refractivity contribution in [1.82, 2.24) is 19.7 Å². The minimum atomic E-state index is -0.939. The molecule has 9 heteroatoms. The highest BCUT2D eigenvalue weighted by atomic mass is 32.2. The number of aryl methyl sites for hydroxylation is 1. The van der Waals surface area contributed by atoms with Gasteiger partial charge in [-0.25, -0.2) is 9.78 Å². The minimum Gasteiger partial charge on any atom is -0.478 e. The molecule has 0 unspecified atom stereocenters. The van der Waals surface area contributed by atoms with Crippen LogP contribution in [0.3, 0.4) is 0 Å². The van der Waals surface area contributed by atoms with Gasteiger partial charge in [0.1, 0.15) is 0 Å². The normalized spacial score (nSPS) is 11.2. The number of fused-ring (bicyclic) bond motifs is 1. The van der Waals surface area contributed by atoms with Crippen LogP contribution in [0.15, 0.2) is 75.5 Å². The highest BCUT2D eigenvalue weighted by Gasteiger charge is 2.18. The maximum atomic E-state index is 11.2. The predicted octanol–water partition coefficient (Wildman–Crippen LogP) is 5.71. The number of hydrogen-bond donors (Lipinski definition) is 1. The Morgan fingerprint density at radius 3 is 2.71 bits per heavy atom. The zero-order valence-electron chi connectivity index (χ0n) is 16.1. The van der Waals surface area contributed by atoms with E-state index < -0.39 is 5.97 Å². The maximum Gasteiger partial charge on any atom is 0.335 e. The number of benzene rings is 2. The molecule has 0 radical (unpaired) electrons. The first-order valence-corrected chi connectivity index (χ1v) is 12.0. The molecule has 0 fully saturated rings. The van der Waals surface area contributed by atoms with Gasteiger partial charge in [0, 0.05) is 6.54 Å². The summed E-state index contributed by atoms with van der Waals surface area (Å²) < 4.78 is 3.79. The quantitative estimate of drug-likeness (QED) is 0.332. The number of thiazole rings is 1. The molecule has 1 N–H and O–H groups in total. The molecule has 5 rings (SSSR count). The first-order chi connectivity index (χ1) is 15.2. The first kappa shape index (κ1) is 19.9. The van der Waals surface area contributed by atoms with Crippen molar-refractivity contribution in [3.63, 3.8) is 0 Å². The summed E-state index contributed by atoms with van der Waals surface area (Å²) in [6.07, 6.45) is 0.868. The molecule has 0 aliphatic carbocycles. The molecule has 0 saturated heterocycles. The summed E-state index contributed by atoms with van der Waals surface area (Å²) in [6.45, 7) is 0.751. The van der Waals surface area contributed by atoms with E-state index >= 15 is 0 Å². The van der Waals surface area contributed by atoms with Gasteiger partial charge in [-0.05, 0) is 53.4 Å². The molecule has 154 valence electrons. The second-order valence-corrected chi connectivity index (χ2v) is 9.93. The first-order valence-electron chi connectivity index (χ1n) is 9.50. The van der Waals surface area contributed by atoms with E-state index in [1.54, 1.807) is 29.5 Å². The SMILES string of the molecule is O=C(O)c1ccc2nc(Sc3nnc(-c4cccs4)n3CCc3ccccc3)sc2c1. The molecule has 2 aromatic carbocycles. The van der Waals surface area contributed by atoms with Crippen LogP contribution in [0.25, 0.3) is 20.9 Å². The molecular formula is C22H16N4O2S3. The van der Waals surface area contributed by atoms with E-state index in [0.717, 1.165) is 43.4 Å². The molecule has 3 heterocycles. The molecule has 0 aliphatic rings. The minimum absolute atomic E-state index is 0.263. The second kappa shape index (κ2) is 8.62. The summed E-state index contributed by atoms with van der Waals surface area (Å²) in [6, 6.07) is 19.4. The van der Waals surface area contributed by atoms with Crippen molar-refractivity contribution in [2.45, 2.75) is 22.5 Å². The fourth-order valence-electron chi connectivity index (χ4n) is 3.20. The van der Waals surface area contributed by atoms with Crippen molar-refractivity contribution in [2.75, 3.05) is 0 Å². The molecule has 0 spiro atoms. The van der Waals surface area contributed by atoms with Crippen LogP contribution in [0.1, 0.15) is 15.9 Å². The van der Waals surface area contributed by atoms with Crippen LogP contribution >= 0.6 is 34.4 Å². The van der Waals surface area contributed by atoms with E-state index in [4.69, 9.17) is 0 Å². The Balaban J connectivity index is 1.47. The number of nitrogens with zero attached hydrogens (tertiary/aromatic N) is 4. The third-order valence-electron chi connectivity index (χ3n) is 4.72. The molecule has 0 saturated carbocycles. The highest BCUT2D eigenvalue weighted by Crippen LogP contribution is 2.36. The number of carboxylic acid groups (broad SMARTS) is 1. The van der Waals surface area contributed by atoms with Gasteiger partial charge in [0.25, 0.3) is 0 Å². The summed E-state index contributed by atoms with van der Waals surface area (Å²) >= 11 is 4.56. The lowest BCUT2D eigenvalue weighted by atomic mass is 10.1. The standard InChI is InChI=1S/C22H16N4O2S3/c27-20(28)15-8-9-16-18(13-15)30-22(23-16)31-21-25-24-19(17-7-4-12-29-17)26(21)11-10-14-5-2-1-3-6-14/h1-9,12-13H,10-11H2,(H,27,28). The van der Waals surface area contributed by atoms with Crippen LogP contribution in [0.5, 0.6) is 0 Å². The third kappa shape index (κ3) is 4.25. The van der Waals surface area contributed by atoms with Gasteiger partial charge < -0.3 is 9.67 Å². The molecule has 5 aromatic rings. The lowest BCUT2D eigenvalue weighted by Gasteiger charge is -2.08. The van der Waals surface area contributed by atoms with Gasteiger partial charge in [-0.2, -0.15) is 0 Å². The smallest absolute Gasteiger partial charge is 0.335 e. The van der Waals surface area contributed by atoms with Crippen LogP contribution in [0.4, 0.5) is 0 Å². The van der Waals surface area contributed by atoms with Gasteiger partial charge in [-0.15, -0.1) is 32.9 Å². The van der Waals surface area contributed by atoms with Crippen molar-refractivity contribution < 1.29 is 9.90 Å². The molecule has 3 aromatic heterocycles. The van der Waals surface area contributed by atoms with Crippen LogP contribution in [0, 0.1) is 0 Å². The lowest BCUT2D eigenvalue weighted by molar-refractivity contribution is 0.0697. The van der Waals surface area contributed by atoms with Crippen molar-refractivity contribution in [1.29, 1.82) is 0 Å². The fraction of sp³-hybridized carbons (Fsp3) is 0.0909. The number of aromatic nitrogens is 4. The van der Waals surface area contributed by atoms with Crippen molar-refractivity contribution in [3.8, 4) is 10.7 Å². The number of carboxylic acids is 1. The van der Waals surface area contributed by atoms with Crippen molar-refractivity contribution in [2.24, 2.45) is 0 Å². The van der Waals surface area contributed by atoms with Gasteiger partial charge in [-0.3, -0.25) is 0 Å². The zero-order valence-corrected chi connectivity index (χ0v) is 18.6. The molecule has 0 atom stereocenters. The Bertz CT molecular complexity index is 1340. The molecule has 0 bridgehead atoms. The van der Waals surface area contributed by atoms with Gasteiger partial charge >= 0.3 is 5.97 Å². The highest BCUT2D eigenvalue weighted by molar-refractivity contribution is 8.01. The number of thiophene rings is 1. The fourth-order valence-corrected chi connectivity index (χ4v) is 5.98. The number of rotatable bonds is 7. The number of hydrogen-bond acceptors (Lipinski definition) is 7. The van der Waals surface area contributed by atoms with Crippen molar-refractivity contribution in [3.05, 3.63) is 77.2 Å².